The van der Waals surface area contributed by atoms with Crippen LogP contribution in [0.3, 0.4) is 0 Å². The molecular weight excluding hydrogens is 404 g/mol. The molecule has 144 valence electrons. The van der Waals surface area contributed by atoms with E-state index in [9.17, 15) is 0 Å². The fourth-order valence-electron chi connectivity index (χ4n) is 3.66. The van der Waals surface area contributed by atoms with Crippen molar-refractivity contribution in [3.63, 3.8) is 0 Å². The Labute approximate surface area is 169 Å². The summed E-state index contributed by atoms with van der Waals surface area (Å²) in [6.45, 7) is 5.12. The van der Waals surface area contributed by atoms with Crippen LogP contribution in [-0.2, 0) is 13.0 Å². The van der Waals surface area contributed by atoms with Gasteiger partial charge in [-0.1, -0.05) is 41.9 Å². The van der Waals surface area contributed by atoms with Gasteiger partial charge in [0.1, 0.15) is 5.82 Å². The molecular formula is C20H27BrN6. The van der Waals surface area contributed by atoms with E-state index in [0.29, 0.717) is 23.9 Å². The van der Waals surface area contributed by atoms with Crippen LogP contribution in [0.5, 0.6) is 0 Å². The maximum atomic E-state index is 4.67. The van der Waals surface area contributed by atoms with E-state index in [1.54, 1.807) is 0 Å². The molecule has 0 amide bonds. The number of fused-ring (bicyclic) bond motifs is 1. The number of nitrogens with zero attached hydrogens (tertiary/aromatic N) is 4. The lowest BCUT2D eigenvalue weighted by Crippen LogP contribution is -2.47. The van der Waals surface area contributed by atoms with Crippen molar-refractivity contribution in [2.45, 2.75) is 63.6 Å². The van der Waals surface area contributed by atoms with Gasteiger partial charge in [0.2, 0.25) is 0 Å². The summed E-state index contributed by atoms with van der Waals surface area (Å²) in [5, 5.41) is 11.8. The van der Waals surface area contributed by atoms with Crippen molar-refractivity contribution < 1.29 is 0 Å². The fourth-order valence-corrected chi connectivity index (χ4v) is 3.93. The number of guanidine groups is 1. The minimum Gasteiger partial charge on any atom is -0.353 e. The molecule has 0 radical (unpaired) electrons. The summed E-state index contributed by atoms with van der Waals surface area (Å²) >= 11 is 3.50. The lowest BCUT2D eigenvalue weighted by molar-refractivity contribution is 0.391. The number of hydrogen-bond donors (Lipinski definition) is 2. The lowest BCUT2D eigenvalue weighted by atomic mass is 10.1. The Kier molecular flexibility index (Phi) is 5.21. The zero-order chi connectivity index (χ0) is 19.0. The van der Waals surface area contributed by atoms with Gasteiger partial charge in [0.05, 0.1) is 6.54 Å². The van der Waals surface area contributed by atoms with E-state index in [4.69, 9.17) is 0 Å². The maximum Gasteiger partial charge on any atom is 0.191 e. The number of aliphatic imine (C=N–C) groups is 1. The largest absolute Gasteiger partial charge is 0.353 e. The number of aryl methyl sites for hydroxylation is 1. The van der Waals surface area contributed by atoms with Gasteiger partial charge < -0.3 is 10.6 Å². The van der Waals surface area contributed by atoms with E-state index in [1.165, 1.54) is 5.56 Å². The minimum absolute atomic E-state index is 0.329. The van der Waals surface area contributed by atoms with Crippen molar-refractivity contribution in [1.29, 1.82) is 0 Å². The third-order valence-corrected chi connectivity index (χ3v) is 5.89. The SMILES string of the molecule is CN=C(NC1CCc2nc(C(C)C)nn2C1)NC1CC1c1ccc(Br)cc1. The number of hydrogen-bond acceptors (Lipinski definition) is 3. The summed E-state index contributed by atoms with van der Waals surface area (Å²) in [6.07, 6.45) is 3.16. The van der Waals surface area contributed by atoms with Crippen LogP contribution in [0.4, 0.5) is 0 Å². The molecule has 0 saturated heterocycles. The highest BCUT2D eigenvalue weighted by molar-refractivity contribution is 9.10. The van der Waals surface area contributed by atoms with Crippen molar-refractivity contribution in [1.82, 2.24) is 25.4 Å². The smallest absolute Gasteiger partial charge is 0.191 e. The van der Waals surface area contributed by atoms with Crippen LogP contribution in [0.15, 0.2) is 33.7 Å². The van der Waals surface area contributed by atoms with Crippen molar-refractivity contribution in [2.24, 2.45) is 4.99 Å². The monoisotopic (exact) mass is 430 g/mol. The standard InChI is InChI=1S/C20H27BrN6/c1-12(2)19-25-18-9-8-15(11-27(18)26-19)23-20(22-3)24-17-10-16(17)13-4-6-14(21)7-5-13/h4-7,12,15-17H,8-11H2,1-3H3,(H2,22,23,24). The Morgan fingerprint density at radius 3 is 2.74 bits per heavy atom. The highest BCUT2D eigenvalue weighted by atomic mass is 79.9. The van der Waals surface area contributed by atoms with E-state index >= 15 is 0 Å². The van der Waals surface area contributed by atoms with Crippen molar-refractivity contribution in [3.05, 3.63) is 46.0 Å². The Morgan fingerprint density at radius 1 is 1.26 bits per heavy atom. The highest BCUT2D eigenvalue weighted by Crippen LogP contribution is 2.41. The first-order valence-corrected chi connectivity index (χ1v) is 10.5. The lowest BCUT2D eigenvalue weighted by Gasteiger charge is -2.25. The molecule has 6 nitrogen and oxygen atoms in total. The third kappa shape index (κ3) is 4.18. The molecule has 27 heavy (non-hydrogen) atoms. The predicted molar refractivity (Wildman–Crippen MR) is 111 cm³/mol. The normalized spacial score (nSPS) is 24.6. The van der Waals surface area contributed by atoms with Crippen LogP contribution >= 0.6 is 15.9 Å². The molecule has 1 saturated carbocycles. The number of benzene rings is 1. The molecule has 2 aromatic rings. The molecule has 0 spiro atoms. The molecule has 1 aliphatic heterocycles. The van der Waals surface area contributed by atoms with Gasteiger partial charge in [0.15, 0.2) is 11.8 Å². The van der Waals surface area contributed by atoms with Crippen LogP contribution in [0.25, 0.3) is 0 Å². The van der Waals surface area contributed by atoms with Gasteiger partial charge in [0.25, 0.3) is 0 Å². The van der Waals surface area contributed by atoms with Gasteiger partial charge in [0, 0.05) is 41.9 Å². The molecule has 1 aromatic heterocycles. The molecule has 3 unspecified atom stereocenters. The maximum absolute atomic E-state index is 4.67. The van der Waals surface area contributed by atoms with Crippen molar-refractivity contribution in [2.75, 3.05) is 7.05 Å². The molecule has 1 fully saturated rings. The van der Waals surface area contributed by atoms with Gasteiger partial charge in [-0.25, -0.2) is 9.67 Å². The van der Waals surface area contributed by atoms with E-state index in [0.717, 1.165) is 47.9 Å². The summed E-state index contributed by atoms with van der Waals surface area (Å²) in [6, 6.07) is 9.41. The van der Waals surface area contributed by atoms with Gasteiger partial charge in [-0.2, -0.15) is 5.10 Å². The first-order chi connectivity index (χ1) is 13.0. The van der Waals surface area contributed by atoms with Crippen LogP contribution < -0.4 is 10.6 Å². The average molecular weight is 431 g/mol. The zero-order valence-corrected chi connectivity index (χ0v) is 17.7. The molecule has 2 N–H and O–H groups in total. The summed E-state index contributed by atoms with van der Waals surface area (Å²) < 4.78 is 3.19. The molecule has 0 bridgehead atoms. The number of aromatic nitrogens is 3. The molecule has 2 heterocycles. The third-order valence-electron chi connectivity index (χ3n) is 5.37. The van der Waals surface area contributed by atoms with Crippen LogP contribution in [-0.4, -0.2) is 39.9 Å². The quantitative estimate of drug-likeness (QED) is 0.577. The van der Waals surface area contributed by atoms with Gasteiger partial charge in [-0.3, -0.25) is 4.99 Å². The van der Waals surface area contributed by atoms with E-state index < -0.39 is 0 Å². The summed E-state index contributed by atoms with van der Waals surface area (Å²) in [5.41, 5.74) is 1.39. The van der Waals surface area contributed by atoms with Crippen LogP contribution in [0, 0.1) is 0 Å². The predicted octanol–water partition coefficient (Wildman–Crippen LogP) is 3.20. The van der Waals surface area contributed by atoms with Gasteiger partial charge in [-0.15, -0.1) is 0 Å². The van der Waals surface area contributed by atoms with E-state index in [1.807, 2.05) is 7.05 Å². The highest BCUT2D eigenvalue weighted by Gasteiger charge is 2.39. The number of halogens is 1. The zero-order valence-electron chi connectivity index (χ0n) is 16.1. The molecule has 1 aliphatic carbocycles. The number of nitrogens with one attached hydrogen (secondary N) is 2. The van der Waals surface area contributed by atoms with E-state index in [2.05, 4.69) is 84.4 Å². The molecule has 1 aromatic carbocycles. The average Bonchev–Trinajstić information content (AvgIpc) is 3.28. The summed E-state index contributed by atoms with van der Waals surface area (Å²) in [4.78, 5) is 9.10. The van der Waals surface area contributed by atoms with Crippen LogP contribution in [0.1, 0.15) is 55.7 Å². The Balaban J connectivity index is 1.33. The second kappa shape index (κ2) is 7.62. The summed E-state index contributed by atoms with van der Waals surface area (Å²) in [5.74, 6) is 3.88. The van der Waals surface area contributed by atoms with Gasteiger partial charge in [-0.05, 0) is 30.5 Å². The first kappa shape index (κ1) is 18.5. The Hall–Kier alpha value is -1.89. The van der Waals surface area contributed by atoms with Crippen molar-refractivity contribution >= 4 is 21.9 Å². The Morgan fingerprint density at radius 2 is 2.04 bits per heavy atom. The molecule has 3 atom stereocenters. The minimum atomic E-state index is 0.329. The second-order valence-corrected chi connectivity index (χ2v) is 8.74. The molecule has 2 aliphatic rings. The second-order valence-electron chi connectivity index (χ2n) is 7.82. The fraction of sp³-hybridized carbons (Fsp3) is 0.550. The molecule has 4 rings (SSSR count). The Bertz CT molecular complexity index is 825. The van der Waals surface area contributed by atoms with Crippen LogP contribution in [0.2, 0.25) is 0 Å². The van der Waals surface area contributed by atoms with Gasteiger partial charge >= 0.3 is 0 Å². The van der Waals surface area contributed by atoms with E-state index in [-0.39, 0.29) is 0 Å². The number of rotatable bonds is 4. The topological polar surface area (TPSA) is 67.1 Å². The van der Waals surface area contributed by atoms with Crippen molar-refractivity contribution in [3.8, 4) is 0 Å². The molecule has 7 heteroatoms. The first-order valence-electron chi connectivity index (χ1n) is 9.72. The summed E-state index contributed by atoms with van der Waals surface area (Å²) in [7, 11) is 1.84.